The van der Waals surface area contributed by atoms with Crippen LogP contribution in [0.3, 0.4) is 0 Å². The molecule has 0 bridgehead atoms. The number of amides is 1. The molecular weight excluding hydrogens is 377 g/mol. The summed E-state index contributed by atoms with van der Waals surface area (Å²) in [6.45, 7) is 0. The van der Waals surface area contributed by atoms with E-state index in [-0.39, 0.29) is 17.6 Å². The van der Waals surface area contributed by atoms with Crippen molar-refractivity contribution in [3.63, 3.8) is 0 Å². The van der Waals surface area contributed by atoms with E-state index in [4.69, 9.17) is 16.9 Å². The highest BCUT2D eigenvalue weighted by Gasteiger charge is 2.25. The largest absolute Gasteiger partial charge is 0.478 e. The Balaban J connectivity index is 1.85. The minimum Gasteiger partial charge on any atom is -0.478 e. The van der Waals surface area contributed by atoms with Gasteiger partial charge in [0.1, 0.15) is 0 Å². The second kappa shape index (κ2) is 8.30. The van der Waals surface area contributed by atoms with E-state index in [0.717, 1.165) is 10.6 Å². The molecule has 0 aliphatic carbocycles. The first-order valence-electron chi connectivity index (χ1n) is 8.32. The average Bonchev–Trinajstić information content (AvgIpc) is 2.69. The molecule has 3 rings (SSSR count). The van der Waals surface area contributed by atoms with Crippen LogP contribution in [0.5, 0.6) is 0 Å². The van der Waals surface area contributed by atoms with Gasteiger partial charge in [0.05, 0.1) is 11.7 Å². The molecule has 6 heteroatoms. The first kappa shape index (κ1) is 19.0. The van der Waals surface area contributed by atoms with Crippen LogP contribution in [-0.4, -0.2) is 23.1 Å². The van der Waals surface area contributed by atoms with E-state index in [1.165, 1.54) is 12.1 Å². The third kappa shape index (κ3) is 4.51. The van der Waals surface area contributed by atoms with E-state index in [1.54, 1.807) is 12.1 Å². The zero-order valence-corrected chi connectivity index (χ0v) is 16.1. The van der Waals surface area contributed by atoms with E-state index in [9.17, 15) is 9.59 Å². The predicted molar refractivity (Wildman–Crippen MR) is 113 cm³/mol. The second-order valence-corrected chi connectivity index (χ2v) is 10.7. The van der Waals surface area contributed by atoms with Gasteiger partial charge < -0.3 is 10.4 Å². The molecular formula is C21H18NO3PS. The number of hydrogen-bond donors (Lipinski definition) is 2. The van der Waals surface area contributed by atoms with Gasteiger partial charge in [-0.05, 0) is 34.9 Å². The molecule has 27 heavy (non-hydrogen) atoms. The molecule has 0 aliphatic heterocycles. The fourth-order valence-electron chi connectivity index (χ4n) is 2.77. The van der Waals surface area contributed by atoms with Crippen LogP contribution >= 0.6 is 6.04 Å². The summed E-state index contributed by atoms with van der Waals surface area (Å²) in [6.07, 6.45) is 0.192. The lowest BCUT2D eigenvalue weighted by Crippen LogP contribution is -2.25. The number of carbonyl (C=O) groups is 2. The lowest BCUT2D eigenvalue weighted by Gasteiger charge is -2.23. The standard InChI is InChI=1S/C21H18NO3PS/c23-20(22-17-13-11-16(12-14-17)21(24)25)15-26(27,18-7-3-1-4-8-18)19-9-5-2-6-10-19/h1-14H,15H2,(H,22,23)(H,24,25). The van der Waals surface area contributed by atoms with Crippen molar-refractivity contribution in [1.29, 1.82) is 0 Å². The minimum atomic E-state index is -2.32. The summed E-state index contributed by atoms with van der Waals surface area (Å²) in [5, 5.41) is 13.8. The summed E-state index contributed by atoms with van der Waals surface area (Å²) in [5.74, 6) is -1.19. The molecule has 0 aromatic heterocycles. The maximum Gasteiger partial charge on any atom is 0.335 e. The van der Waals surface area contributed by atoms with Gasteiger partial charge in [0.2, 0.25) is 5.91 Å². The van der Waals surface area contributed by atoms with E-state index in [0.29, 0.717) is 5.69 Å². The second-order valence-electron chi connectivity index (χ2n) is 6.00. The molecule has 0 aliphatic rings. The molecule has 0 heterocycles. The number of anilines is 1. The molecule has 2 N–H and O–H groups in total. The first-order valence-corrected chi connectivity index (χ1v) is 11.3. The Kier molecular flexibility index (Phi) is 5.84. The summed E-state index contributed by atoms with van der Waals surface area (Å²) in [4.78, 5) is 23.7. The number of carbonyl (C=O) groups excluding carboxylic acids is 1. The Morgan fingerprint density at radius 1 is 0.815 bits per heavy atom. The fourth-order valence-corrected chi connectivity index (χ4v) is 6.30. The number of benzene rings is 3. The number of nitrogens with one attached hydrogen (secondary N) is 1. The van der Waals surface area contributed by atoms with Crippen LogP contribution in [-0.2, 0) is 16.6 Å². The highest BCUT2D eigenvalue weighted by atomic mass is 32.4. The fraction of sp³-hybridized carbons (Fsp3) is 0.0476. The van der Waals surface area contributed by atoms with Crippen LogP contribution in [0.1, 0.15) is 10.4 Å². The van der Waals surface area contributed by atoms with Crippen molar-refractivity contribution in [2.75, 3.05) is 11.5 Å². The molecule has 0 fully saturated rings. The summed E-state index contributed by atoms with van der Waals surface area (Å²) in [6, 6.07) is 23.3. The smallest absolute Gasteiger partial charge is 0.335 e. The van der Waals surface area contributed by atoms with E-state index in [1.807, 2.05) is 60.7 Å². The summed E-state index contributed by atoms with van der Waals surface area (Å²) in [5.41, 5.74) is 0.722. The summed E-state index contributed by atoms with van der Waals surface area (Å²) in [7, 11) is 0. The number of rotatable bonds is 6. The van der Waals surface area contributed by atoms with Gasteiger partial charge in [0, 0.05) is 11.7 Å². The molecule has 3 aromatic rings. The number of aromatic carboxylic acids is 1. The van der Waals surface area contributed by atoms with Crippen molar-refractivity contribution >= 4 is 46.0 Å². The zero-order valence-electron chi connectivity index (χ0n) is 14.4. The Hall–Kier alpha value is -2.75. The van der Waals surface area contributed by atoms with E-state index < -0.39 is 12.0 Å². The highest BCUT2D eigenvalue weighted by Crippen LogP contribution is 2.43. The maximum atomic E-state index is 12.7. The van der Waals surface area contributed by atoms with E-state index in [2.05, 4.69) is 5.32 Å². The third-order valence-electron chi connectivity index (χ3n) is 4.13. The SMILES string of the molecule is O=C(CP(=S)(c1ccccc1)c1ccccc1)Nc1ccc(C(=O)O)cc1. The van der Waals surface area contributed by atoms with Gasteiger partial charge >= 0.3 is 5.97 Å². The highest BCUT2D eigenvalue weighted by molar-refractivity contribution is 8.22. The Bertz CT molecular complexity index is 945. The van der Waals surface area contributed by atoms with Crippen molar-refractivity contribution in [2.24, 2.45) is 0 Å². The van der Waals surface area contributed by atoms with Gasteiger partial charge in [-0.2, -0.15) is 0 Å². The maximum absolute atomic E-state index is 12.7. The number of carboxylic acid groups (broad SMARTS) is 1. The summed E-state index contributed by atoms with van der Waals surface area (Å²) < 4.78 is 0. The normalized spacial score (nSPS) is 11.0. The average molecular weight is 395 g/mol. The van der Waals surface area contributed by atoms with Crippen LogP contribution in [0.15, 0.2) is 84.9 Å². The lowest BCUT2D eigenvalue weighted by atomic mass is 10.2. The van der Waals surface area contributed by atoms with Gasteiger partial charge in [-0.15, -0.1) is 0 Å². The van der Waals surface area contributed by atoms with Crippen LogP contribution in [0.4, 0.5) is 5.69 Å². The minimum absolute atomic E-state index is 0.173. The monoisotopic (exact) mass is 395 g/mol. The molecule has 0 spiro atoms. The molecule has 136 valence electrons. The van der Waals surface area contributed by atoms with Crippen molar-refractivity contribution in [3.8, 4) is 0 Å². The molecule has 0 radical (unpaired) electrons. The third-order valence-corrected chi connectivity index (χ3v) is 8.78. The number of hydrogen-bond acceptors (Lipinski definition) is 3. The Morgan fingerprint density at radius 3 is 1.74 bits per heavy atom. The quantitative estimate of drug-likeness (QED) is 0.628. The van der Waals surface area contributed by atoms with Gasteiger partial charge in [0.15, 0.2) is 0 Å². The Labute approximate surface area is 162 Å². The van der Waals surface area contributed by atoms with Crippen molar-refractivity contribution in [2.45, 2.75) is 0 Å². The van der Waals surface area contributed by atoms with Crippen LogP contribution in [0, 0.1) is 0 Å². The van der Waals surface area contributed by atoms with Gasteiger partial charge in [-0.25, -0.2) is 4.79 Å². The van der Waals surface area contributed by atoms with Crippen molar-refractivity contribution < 1.29 is 14.7 Å². The zero-order chi connectivity index (χ0) is 19.3. The number of carboxylic acids is 1. The molecule has 0 saturated heterocycles. The molecule has 1 amide bonds. The van der Waals surface area contributed by atoms with Crippen molar-refractivity contribution in [3.05, 3.63) is 90.5 Å². The van der Waals surface area contributed by atoms with Crippen molar-refractivity contribution in [1.82, 2.24) is 0 Å². The van der Waals surface area contributed by atoms with Gasteiger partial charge in [-0.1, -0.05) is 72.5 Å². The van der Waals surface area contributed by atoms with Crippen LogP contribution in [0.2, 0.25) is 0 Å². The predicted octanol–water partition coefficient (Wildman–Crippen LogP) is 3.45. The molecule has 0 unspecified atom stereocenters. The topological polar surface area (TPSA) is 66.4 Å². The van der Waals surface area contributed by atoms with E-state index >= 15 is 0 Å². The molecule has 4 nitrogen and oxygen atoms in total. The lowest BCUT2D eigenvalue weighted by molar-refractivity contribution is -0.113. The summed E-state index contributed by atoms with van der Waals surface area (Å²) >= 11 is 6.05. The van der Waals surface area contributed by atoms with Crippen LogP contribution in [0.25, 0.3) is 0 Å². The first-order chi connectivity index (χ1) is 13.0. The molecule has 3 aromatic carbocycles. The van der Waals surface area contributed by atoms with Crippen LogP contribution < -0.4 is 15.9 Å². The van der Waals surface area contributed by atoms with Gasteiger partial charge in [0.25, 0.3) is 0 Å². The van der Waals surface area contributed by atoms with Gasteiger partial charge in [-0.3, -0.25) is 4.79 Å². The molecule has 0 atom stereocenters. The Morgan fingerprint density at radius 2 is 1.30 bits per heavy atom. The molecule has 0 saturated carbocycles.